The van der Waals surface area contributed by atoms with Crippen molar-refractivity contribution in [3.63, 3.8) is 0 Å². The summed E-state index contributed by atoms with van der Waals surface area (Å²) in [5.74, 6) is -3.00. The molecule has 1 aromatic carbocycles. The van der Waals surface area contributed by atoms with Gasteiger partial charge in [-0.2, -0.15) is 13.2 Å². The van der Waals surface area contributed by atoms with Crippen LogP contribution >= 0.6 is 22.9 Å². The zero-order chi connectivity index (χ0) is 29.9. The summed E-state index contributed by atoms with van der Waals surface area (Å²) in [6.07, 6.45) is -3.96. The molecule has 1 fully saturated rings. The number of methoxy groups -OCH3 is 1. The first-order valence-corrected chi connectivity index (χ1v) is 13.5. The molecule has 0 radical (unpaired) electrons. The number of aromatic nitrogens is 3. The number of hydrogen-bond acceptors (Lipinski definition) is 7. The van der Waals surface area contributed by atoms with Crippen LogP contribution in [-0.4, -0.2) is 56.5 Å². The van der Waals surface area contributed by atoms with Crippen molar-refractivity contribution in [2.45, 2.75) is 50.1 Å². The summed E-state index contributed by atoms with van der Waals surface area (Å²) in [7, 11) is 1.45. The van der Waals surface area contributed by atoms with Crippen molar-refractivity contribution < 1.29 is 37.4 Å². The minimum atomic E-state index is -4.74. The third kappa shape index (κ3) is 6.63. The first kappa shape index (κ1) is 30.3. The molecule has 0 spiro atoms. The first-order chi connectivity index (χ1) is 19.3. The normalized spacial score (nSPS) is 15.1. The number of halogens is 4. The molecule has 3 aromatic rings. The number of carboxylic acid groups (broad SMARTS) is 1. The molecule has 1 unspecified atom stereocenters. The number of amides is 2. The van der Waals surface area contributed by atoms with Gasteiger partial charge in [0.05, 0.1) is 27.9 Å². The molecule has 3 N–H and O–H groups in total. The highest BCUT2D eigenvalue weighted by Gasteiger charge is 2.47. The van der Waals surface area contributed by atoms with Gasteiger partial charge in [0.25, 0.3) is 0 Å². The quantitative estimate of drug-likeness (QED) is 0.301. The van der Waals surface area contributed by atoms with Gasteiger partial charge in [-0.25, -0.2) is 14.3 Å². The van der Waals surface area contributed by atoms with E-state index in [-0.39, 0.29) is 37.4 Å². The predicted molar refractivity (Wildman–Crippen MR) is 141 cm³/mol. The van der Waals surface area contributed by atoms with Crippen LogP contribution in [0.25, 0.3) is 10.7 Å². The lowest BCUT2D eigenvalue weighted by molar-refractivity contribution is -0.152. The molecule has 1 saturated carbocycles. The number of aliphatic carboxylic acids is 1. The molecule has 220 valence electrons. The number of alkyl halides is 3. The molecule has 2 heterocycles. The summed E-state index contributed by atoms with van der Waals surface area (Å²) in [5.41, 5.74) is -3.55. The Morgan fingerprint density at radius 3 is 2.54 bits per heavy atom. The van der Waals surface area contributed by atoms with Gasteiger partial charge in [0.2, 0.25) is 11.8 Å². The predicted octanol–water partition coefficient (Wildman–Crippen LogP) is 3.07. The van der Waals surface area contributed by atoms with Gasteiger partial charge in [-0.1, -0.05) is 23.7 Å². The number of rotatable bonds is 11. The van der Waals surface area contributed by atoms with Gasteiger partial charge in [-0.05, 0) is 49.1 Å². The maximum absolute atomic E-state index is 13.4. The molecule has 0 bridgehead atoms. The summed E-state index contributed by atoms with van der Waals surface area (Å²) >= 11 is 7.18. The zero-order valence-electron chi connectivity index (χ0n) is 21.5. The fraction of sp³-hybridized carbons (Fsp3) is 0.400. The number of hydrogen-bond donors (Lipinski definition) is 3. The standard InChI is InChI=1S/C25H25ClF3N5O6S/c1-40-11-10-33-20(16-6-7-17(26)41-16)32-34(23(33)39)13-18(35)30-19(14-4-2-5-15(12-14)25(27,28)29)21(36)31-24(22(37)38)8-3-9-24/h2,4-7,12,19H,3,8-11,13H2,1H3,(H,30,35)(H,31,36)(H,37,38). The molecule has 0 saturated heterocycles. The number of nitrogens with one attached hydrogen (secondary N) is 2. The van der Waals surface area contributed by atoms with Crippen LogP contribution in [0.2, 0.25) is 4.34 Å². The summed E-state index contributed by atoms with van der Waals surface area (Å²) in [6, 6.07) is 5.35. The molecular formula is C25H25ClF3N5O6S. The van der Waals surface area contributed by atoms with Crippen molar-refractivity contribution in [1.29, 1.82) is 0 Å². The second-order valence-corrected chi connectivity index (χ2v) is 11.1. The number of benzene rings is 1. The third-order valence-corrected chi connectivity index (χ3v) is 7.85. The number of carboxylic acids is 1. The first-order valence-electron chi connectivity index (χ1n) is 12.3. The summed E-state index contributed by atoms with van der Waals surface area (Å²) in [5, 5.41) is 18.6. The van der Waals surface area contributed by atoms with Crippen molar-refractivity contribution in [2.24, 2.45) is 0 Å². The topological polar surface area (TPSA) is 145 Å². The van der Waals surface area contributed by atoms with Crippen LogP contribution in [0.5, 0.6) is 0 Å². The molecule has 2 amide bonds. The fourth-order valence-electron chi connectivity index (χ4n) is 4.31. The highest BCUT2D eigenvalue weighted by atomic mass is 35.5. The molecular weight excluding hydrogens is 591 g/mol. The van der Waals surface area contributed by atoms with Gasteiger partial charge < -0.3 is 20.5 Å². The van der Waals surface area contributed by atoms with E-state index in [9.17, 15) is 37.5 Å². The molecule has 11 nitrogen and oxygen atoms in total. The maximum Gasteiger partial charge on any atom is 0.416 e. The van der Waals surface area contributed by atoms with Crippen molar-refractivity contribution in [3.8, 4) is 10.7 Å². The molecule has 2 aromatic heterocycles. The van der Waals surface area contributed by atoms with Crippen LogP contribution < -0.4 is 16.3 Å². The summed E-state index contributed by atoms with van der Waals surface area (Å²) < 4.78 is 47.8. The minimum Gasteiger partial charge on any atom is -0.480 e. The average molecular weight is 616 g/mol. The minimum absolute atomic E-state index is 0.105. The van der Waals surface area contributed by atoms with E-state index < -0.39 is 53.3 Å². The van der Waals surface area contributed by atoms with Crippen LogP contribution in [0.15, 0.2) is 41.2 Å². The van der Waals surface area contributed by atoms with Crippen LogP contribution in [-0.2, 0) is 38.4 Å². The number of nitrogens with zero attached hydrogens (tertiary/aromatic N) is 3. The second kappa shape index (κ2) is 12.0. The largest absolute Gasteiger partial charge is 0.480 e. The zero-order valence-corrected chi connectivity index (χ0v) is 23.1. The van der Waals surface area contributed by atoms with Gasteiger partial charge in [0.1, 0.15) is 18.1 Å². The van der Waals surface area contributed by atoms with Crippen molar-refractivity contribution in [2.75, 3.05) is 13.7 Å². The van der Waals surface area contributed by atoms with E-state index in [2.05, 4.69) is 15.7 Å². The highest BCUT2D eigenvalue weighted by molar-refractivity contribution is 7.19. The van der Waals surface area contributed by atoms with E-state index in [0.29, 0.717) is 21.7 Å². The van der Waals surface area contributed by atoms with E-state index in [1.807, 2.05) is 0 Å². The van der Waals surface area contributed by atoms with Gasteiger partial charge in [-0.3, -0.25) is 14.2 Å². The van der Waals surface area contributed by atoms with Crippen molar-refractivity contribution >= 4 is 40.7 Å². The van der Waals surface area contributed by atoms with E-state index in [4.69, 9.17) is 16.3 Å². The van der Waals surface area contributed by atoms with Crippen molar-refractivity contribution in [1.82, 2.24) is 25.0 Å². The Balaban J connectivity index is 1.64. The van der Waals surface area contributed by atoms with Gasteiger partial charge in [0.15, 0.2) is 5.82 Å². The number of ether oxygens (including phenoxy) is 1. The van der Waals surface area contributed by atoms with E-state index in [0.717, 1.165) is 28.2 Å². The highest BCUT2D eigenvalue weighted by Crippen LogP contribution is 2.34. The van der Waals surface area contributed by atoms with Gasteiger partial charge in [0, 0.05) is 7.11 Å². The van der Waals surface area contributed by atoms with Gasteiger partial charge >= 0.3 is 17.8 Å². The van der Waals surface area contributed by atoms with Gasteiger partial charge in [-0.15, -0.1) is 16.4 Å². The molecule has 0 aliphatic heterocycles. The smallest absolute Gasteiger partial charge is 0.416 e. The van der Waals surface area contributed by atoms with Crippen LogP contribution in [0.3, 0.4) is 0 Å². The summed E-state index contributed by atoms with van der Waals surface area (Å²) in [4.78, 5) is 51.8. The molecule has 1 aliphatic carbocycles. The molecule has 16 heteroatoms. The van der Waals surface area contributed by atoms with E-state index in [1.165, 1.54) is 17.7 Å². The Bertz CT molecular complexity index is 1510. The molecule has 1 aliphatic rings. The number of carbonyl (C=O) groups is 3. The molecule has 4 rings (SSSR count). The second-order valence-electron chi connectivity index (χ2n) is 9.37. The molecule has 41 heavy (non-hydrogen) atoms. The lowest BCUT2D eigenvalue weighted by Gasteiger charge is -2.39. The SMILES string of the molecule is COCCn1c(-c2ccc(Cl)s2)nn(CC(=O)NC(C(=O)NC2(C(=O)O)CCC2)c2cccc(C(F)(F)F)c2)c1=O. The Hall–Kier alpha value is -3.69. The lowest BCUT2D eigenvalue weighted by Crippen LogP contribution is -2.61. The van der Waals surface area contributed by atoms with E-state index in [1.54, 1.807) is 12.1 Å². The number of carbonyl (C=O) groups excluding carboxylic acids is 2. The summed E-state index contributed by atoms with van der Waals surface area (Å²) in [6.45, 7) is -0.418. The average Bonchev–Trinajstić information content (AvgIpc) is 3.45. The molecule has 1 atom stereocenters. The van der Waals surface area contributed by atoms with Crippen LogP contribution in [0.1, 0.15) is 36.4 Å². The Labute approximate surface area is 239 Å². The Morgan fingerprint density at radius 2 is 1.98 bits per heavy atom. The van der Waals surface area contributed by atoms with Crippen LogP contribution in [0, 0.1) is 0 Å². The van der Waals surface area contributed by atoms with Crippen molar-refractivity contribution in [3.05, 3.63) is 62.3 Å². The maximum atomic E-state index is 13.4. The number of thiophene rings is 1. The lowest BCUT2D eigenvalue weighted by atomic mass is 9.76. The third-order valence-electron chi connectivity index (χ3n) is 6.62. The Morgan fingerprint density at radius 1 is 1.24 bits per heavy atom. The Kier molecular flexibility index (Phi) is 8.89. The fourth-order valence-corrected chi connectivity index (χ4v) is 5.35. The van der Waals surface area contributed by atoms with E-state index >= 15 is 0 Å². The van der Waals surface area contributed by atoms with Crippen LogP contribution in [0.4, 0.5) is 13.2 Å². The monoisotopic (exact) mass is 615 g/mol.